The molecule has 0 aromatic rings. The molecular formula is C95H156O16P2. The van der Waals surface area contributed by atoms with Crippen LogP contribution in [0.5, 0.6) is 0 Å². The van der Waals surface area contributed by atoms with Crippen LogP contribution in [0.4, 0.5) is 0 Å². The van der Waals surface area contributed by atoms with Crippen molar-refractivity contribution in [3.63, 3.8) is 0 Å². The van der Waals surface area contributed by atoms with Crippen LogP contribution in [0.15, 0.2) is 194 Å². The number of phosphoric acid groups is 2. The number of aliphatic hydroxyl groups is 2. The standard InChI is InChI=1S/C95H156O16P2/c1-4-7-10-13-16-19-22-25-28-31-34-36-38-40-42-43-44-45-47-49-50-52-55-57-60-63-66-69-72-75-78-81-93(98)105-84-90(96)85-107-112(101,102)108-86-91(97)87-109-113(103,104)110-89-92(111-95(100)83-80-77-74-71-68-65-62-59-54-33-30-27-24-21-18-15-12-9-6-3)88-106-94(99)82-79-76-73-70-67-64-61-58-56-53-51-48-46-41-39-37-35-32-29-26-23-20-17-14-11-8-5-2/h7-12,16-21,25-30,34-37,40-42,46,54,59,65,68,74,77,90-92,96-97H,4-6,13-15,22-24,31-33,38-39,43-45,47-53,55-58,60-64,66-67,69-73,75-76,78-89H2,1-3H3,(H,101,102)(H,103,104)/b10-7-,11-8-,12-9-,19-16-,20-17-,21-18-,28-25-,29-26-,30-27-,36-34-,37-35-,42-40-,46-41-,59-54-,68-65-,77-74-. The molecule has 0 aliphatic carbocycles. The Morgan fingerprint density at radius 3 is 0.735 bits per heavy atom. The molecule has 0 aliphatic rings. The van der Waals surface area contributed by atoms with Gasteiger partial charge in [-0.3, -0.25) is 32.5 Å². The molecule has 0 aliphatic heterocycles. The van der Waals surface area contributed by atoms with E-state index in [1.807, 2.05) is 18.2 Å². The molecule has 0 spiro atoms. The fraction of sp³-hybridized carbons (Fsp3) is 0.632. The average Bonchev–Trinajstić information content (AvgIpc) is 0.902. The summed E-state index contributed by atoms with van der Waals surface area (Å²) in [7, 11) is -9.84. The lowest BCUT2D eigenvalue weighted by Gasteiger charge is -2.21. The first kappa shape index (κ1) is 107. The van der Waals surface area contributed by atoms with E-state index < -0.39 is 91.5 Å². The van der Waals surface area contributed by atoms with Crippen molar-refractivity contribution < 1.29 is 75.8 Å². The number of carbonyl (C=O) groups excluding carboxylic acids is 3. The van der Waals surface area contributed by atoms with Crippen LogP contribution in [0.3, 0.4) is 0 Å². The number of unbranched alkanes of at least 4 members (excludes halogenated alkanes) is 26. The van der Waals surface area contributed by atoms with E-state index >= 15 is 0 Å². The van der Waals surface area contributed by atoms with Gasteiger partial charge in [0.15, 0.2) is 6.10 Å². The molecule has 16 nitrogen and oxygen atoms in total. The molecule has 0 fully saturated rings. The van der Waals surface area contributed by atoms with Gasteiger partial charge in [0.1, 0.15) is 25.4 Å². The highest BCUT2D eigenvalue weighted by atomic mass is 31.2. The minimum Gasteiger partial charge on any atom is -0.463 e. The topological polar surface area (TPSA) is 231 Å². The third-order valence-electron chi connectivity index (χ3n) is 17.8. The van der Waals surface area contributed by atoms with Gasteiger partial charge in [0, 0.05) is 19.3 Å². The van der Waals surface area contributed by atoms with Crippen LogP contribution < -0.4 is 0 Å². The molecule has 0 radical (unpaired) electrons. The third-order valence-corrected chi connectivity index (χ3v) is 19.7. The lowest BCUT2D eigenvalue weighted by atomic mass is 10.0. The Morgan fingerprint density at radius 1 is 0.248 bits per heavy atom. The van der Waals surface area contributed by atoms with Crippen LogP contribution in [0.2, 0.25) is 0 Å². The molecule has 0 aromatic carbocycles. The molecule has 0 saturated carbocycles. The number of carbonyl (C=O) groups is 3. The first-order chi connectivity index (χ1) is 55.2. The highest BCUT2D eigenvalue weighted by Crippen LogP contribution is 2.45. The van der Waals surface area contributed by atoms with Gasteiger partial charge in [0.25, 0.3) is 0 Å². The van der Waals surface area contributed by atoms with Crippen LogP contribution in [0.1, 0.15) is 329 Å². The summed E-state index contributed by atoms with van der Waals surface area (Å²) in [6.07, 6.45) is 114. The van der Waals surface area contributed by atoms with E-state index in [-0.39, 0.29) is 19.3 Å². The van der Waals surface area contributed by atoms with Gasteiger partial charge in [-0.1, -0.05) is 356 Å². The smallest absolute Gasteiger partial charge is 0.463 e. The molecule has 0 bridgehead atoms. The largest absolute Gasteiger partial charge is 0.472 e. The van der Waals surface area contributed by atoms with E-state index in [0.29, 0.717) is 25.7 Å². The maximum Gasteiger partial charge on any atom is 0.472 e. The molecule has 4 N–H and O–H groups in total. The zero-order valence-corrected chi connectivity index (χ0v) is 72.3. The van der Waals surface area contributed by atoms with Gasteiger partial charge in [0.2, 0.25) is 0 Å². The van der Waals surface area contributed by atoms with Gasteiger partial charge in [-0.15, -0.1) is 0 Å². The fourth-order valence-electron chi connectivity index (χ4n) is 11.3. The Morgan fingerprint density at radius 2 is 0.460 bits per heavy atom. The molecule has 113 heavy (non-hydrogen) atoms. The molecule has 0 aromatic heterocycles. The highest BCUT2D eigenvalue weighted by Gasteiger charge is 2.29. The Kier molecular flexibility index (Phi) is 81.5. The third kappa shape index (κ3) is 87.1. The number of allylic oxidation sites excluding steroid dienone is 32. The summed E-state index contributed by atoms with van der Waals surface area (Å²) >= 11 is 0. The predicted octanol–water partition coefficient (Wildman–Crippen LogP) is 26.7. The molecule has 5 unspecified atom stereocenters. The van der Waals surface area contributed by atoms with E-state index in [2.05, 4.69) is 197 Å². The highest BCUT2D eigenvalue weighted by molar-refractivity contribution is 7.47. The molecule has 0 saturated heterocycles. The van der Waals surface area contributed by atoms with E-state index in [0.717, 1.165) is 148 Å². The van der Waals surface area contributed by atoms with Gasteiger partial charge in [-0.25, -0.2) is 9.13 Å². The van der Waals surface area contributed by atoms with E-state index in [1.54, 1.807) is 0 Å². The van der Waals surface area contributed by atoms with Crippen molar-refractivity contribution in [2.45, 2.75) is 347 Å². The maximum absolute atomic E-state index is 13.0. The quantitative estimate of drug-likeness (QED) is 0.0146. The summed E-state index contributed by atoms with van der Waals surface area (Å²) in [4.78, 5) is 58.8. The van der Waals surface area contributed by atoms with Crippen LogP contribution in [-0.4, -0.2) is 95.9 Å². The summed E-state index contributed by atoms with van der Waals surface area (Å²) < 4.78 is 61.3. The first-order valence-electron chi connectivity index (χ1n) is 43.7. The molecule has 642 valence electrons. The number of rotatable bonds is 81. The van der Waals surface area contributed by atoms with E-state index in [9.17, 15) is 43.5 Å². The summed E-state index contributed by atoms with van der Waals surface area (Å²) in [5, 5.41) is 20.7. The molecule has 0 rings (SSSR count). The van der Waals surface area contributed by atoms with Crippen molar-refractivity contribution in [1.29, 1.82) is 0 Å². The van der Waals surface area contributed by atoms with Crippen molar-refractivity contribution in [1.82, 2.24) is 0 Å². The van der Waals surface area contributed by atoms with Crippen molar-refractivity contribution in [2.75, 3.05) is 39.6 Å². The molecule has 18 heteroatoms. The number of hydrogen-bond donors (Lipinski definition) is 4. The average molecular weight is 1620 g/mol. The van der Waals surface area contributed by atoms with Crippen molar-refractivity contribution >= 4 is 33.6 Å². The van der Waals surface area contributed by atoms with Gasteiger partial charge in [0.05, 0.1) is 26.4 Å². The zero-order valence-electron chi connectivity index (χ0n) is 70.5. The SMILES string of the molecule is CC/C=C\C/C=C\C/C=C\C/C=C\C/C=C\C/C=C\CCC(=O)OC(COC(=O)CCCCCCCCCCCCC/C=C\C/C=C\C/C=C\C/C=C\C/C=C\CC)COP(=O)(O)OCC(O)COP(=O)(O)OCC(O)COC(=O)CCCCCCCCCCCCCCCCC/C=C\C/C=C\C/C=C\C/C=C\C/C=C\CC. The summed E-state index contributed by atoms with van der Waals surface area (Å²) in [6.45, 7) is 2.26. The van der Waals surface area contributed by atoms with Crippen molar-refractivity contribution in [3.05, 3.63) is 194 Å². The Balaban J connectivity index is 4.62. The van der Waals surface area contributed by atoms with Crippen LogP contribution in [0, 0.1) is 0 Å². The second-order valence-electron chi connectivity index (χ2n) is 28.5. The first-order valence-corrected chi connectivity index (χ1v) is 46.7. The lowest BCUT2D eigenvalue weighted by molar-refractivity contribution is -0.161. The molecule has 0 amide bonds. The molecule has 0 heterocycles. The van der Waals surface area contributed by atoms with Crippen LogP contribution in [0.25, 0.3) is 0 Å². The van der Waals surface area contributed by atoms with Gasteiger partial charge < -0.3 is 34.2 Å². The predicted molar refractivity (Wildman–Crippen MR) is 472 cm³/mol. The summed E-state index contributed by atoms with van der Waals surface area (Å²) in [6, 6.07) is 0. The van der Waals surface area contributed by atoms with Gasteiger partial charge in [-0.2, -0.15) is 0 Å². The normalized spacial score (nSPS) is 14.8. The van der Waals surface area contributed by atoms with E-state index in [1.165, 1.54) is 116 Å². The number of esters is 3. The number of aliphatic hydroxyl groups excluding tert-OH is 2. The number of phosphoric ester groups is 2. The molecule has 5 atom stereocenters. The molecular weight excluding hydrogens is 1460 g/mol. The summed E-state index contributed by atoms with van der Waals surface area (Å²) in [5.41, 5.74) is 0. The Bertz CT molecular complexity index is 2830. The minimum atomic E-state index is -4.96. The maximum atomic E-state index is 13.0. The summed E-state index contributed by atoms with van der Waals surface area (Å²) in [5.74, 6) is -1.68. The minimum absolute atomic E-state index is 0.0274. The Labute approximate surface area is 687 Å². The van der Waals surface area contributed by atoms with Crippen molar-refractivity contribution in [2.24, 2.45) is 0 Å². The fourth-order valence-corrected chi connectivity index (χ4v) is 12.9. The number of ether oxygens (including phenoxy) is 3. The number of hydrogen-bond acceptors (Lipinski definition) is 14. The van der Waals surface area contributed by atoms with E-state index in [4.69, 9.17) is 32.3 Å². The van der Waals surface area contributed by atoms with Crippen molar-refractivity contribution in [3.8, 4) is 0 Å². The van der Waals surface area contributed by atoms with Gasteiger partial charge in [-0.05, 0) is 148 Å². The monoisotopic (exact) mass is 1620 g/mol. The lowest BCUT2D eigenvalue weighted by Crippen LogP contribution is -2.29. The Hall–Kier alpha value is -5.61. The van der Waals surface area contributed by atoms with Gasteiger partial charge >= 0.3 is 33.6 Å². The second-order valence-corrected chi connectivity index (χ2v) is 31.5. The van der Waals surface area contributed by atoms with Crippen LogP contribution >= 0.6 is 15.6 Å². The second kappa shape index (κ2) is 85.8. The zero-order chi connectivity index (χ0) is 82.2. The van der Waals surface area contributed by atoms with Crippen LogP contribution in [-0.2, 0) is 55.8 Å².